The number of carbonyl (C=O) groups is 1. The topological polar surface area (TPSA) is 110 Å². The highest BCUT2D eigenvalue weighted by Crippen LogP contribution is 2.19. The number of benzene rings is 2. The summed E-state index contributed by atoms with van der Waals surface area (Å²) in [6, 6.07) is 11.0. The lowest BCUT2D eigenvalue weighted by Gasteiger charge is -2.10. The Morgan fingerprint density at radius 3 is 2.83 bits per heavy atom. The van der Waals surface area contributed by atoms with Gasteiger partial charge in [-0.1, -0.05) is 22.0 Å². The van der Waals surface area contributed by atoms with Crippen LogP contribution in [0.25, 0.3) is 10.9 Å². The summed E-state index contributed by atoms with van der Waals surface area (Å²) in [4.78, 5) is 29.3. The largest absolute Gasteiger partial charge is 0.325 e. The molecule has 1 aromatic heterocycles. The number of aromatic nitrogens is 2. The number of halogens is 1. The van der Waals surface area contributed by atoms with Gasteiger partial charge in [-0.15, -0.1) is 0 Å². The quantitative estimate of drug-likeness (QED) is 0.585. The Hall–Kier alpha value is -2.56. The van der Waals surface area contributed by atoms with Crippen molar-refractivity contribution in [3.8, 4) is 0 Å². The van der Waals surface area contributed by atoms with Crippen molar-refractivity contribution in [2.24, 2.45) is 0 Å². The van der Waals surface area contributed by atoms with Crippen molar-refractivity contribution >= 4 is 48.5 Å². The molecule has 1 amide bonds. The van der Waals surface area contributed by atoms with Crippen LogP contribution in [0.15, 0.2) is 56.6 Å². The fraction of sp³-hybridized carbons (Fsp3) is 0.211. The van der Waals surface area contributed by atoms with Gasteiger partial charge in [0.05, 0.1) is 22.3 Å². The second kappa shape index (κ2) is 7.69. The molecule has 29 heavy (non-hydrogen) atoms. The lowest BCUT2D eigenvalue weighted by molar-refractivity contribution is -0.115. The van der Waals surface area contributed by atoms with E-state index < -0.39 is 22.5 Å². The van der Waals surface area contributed by atoms with Gasteiger partial charge in [0.25, 0.3) is 5.56 Å². The smallest absolute Gasteiger partial charge is 0.261 e. The molecule has 2 N–H and O–H groups in total. The average molecular weight is 477 g/mol. The van der Waals surface area contributed by atoms with Crippen LogP contribution in [0.3, 0.4) is 0 Å². The van der Waals surface area contributed by atoms with Crippen LogP contribution in [-0.4, -0.2) is 30.4 Å². The number of rotatable bonds is 5. The van der Waals surface area contributed by atoms with E-state index >= 15 is 0 Å². The molecule has 2 heterocycles. The number of nitrogens with one attached hydrogen (secondary N) is 2. The number of nitrogens with zero attached hydrogens (tertiary/aromatic N) is 2. The number of anilines is 1. The lowest BCUT2D eigenvalue weighted by Crippen LogP contribution is -2.32. The van der Waals surface area contributed by atoms with E-state index in [-0.39, 0.29) is 10.5 Å². The third-order valence-electron chi connectivity index (χ3n) is 4.63. The van der Waals surface area contributed by atoms with Crippen molar-refractivity contribution in [1.29, 1.82) is 0 Å². The second-order valence-electron chi connectivity index (χ2n) is 6.65. The SMILES string of the molecule is O=C(CNS(=O)(=O)c1cccc(Br)c1)Nc1ccc2c(=O)n3c(nc2c1)CCC3. The van der Waals surface area contributed by atoms with Crippen LogP contribution in [0.5, 0.6) is 0 Å². The fourth-order valence-electron chi connectivity index (χ4n) is 3.24. The number of fused-ring (bicyclic) bond motifs is 2. The monoisotopic (exact) mass is 476 g/mol. The molecular formula is C19H17BrN4O4S. The minimum atomic E-state index is -3.81. The molecular weight excluding hydrogens is 460 g/mol. The van der Waals surface area contributed by atoms with Crippen molar-refractivity contribution in [2.75, 3.05) is 11.9 Å². The first kappa shape index (κ1) is 19.7. The second-order valence-corrected chi connectivity index (χ2v) is 9.33. The molecule has 0 saturated heterocycles. The van der Waals surface area contributed by atoms with Gasteiger partial charge in [-0.3, -0.25) is 14.2 Å². The number of aryl methyl sites for hydroxylation is 1. The summed E-state index contributed by atoms with van der Waals surface area (Å²) >= 11 is 3.22. The van der Waals surface area contributed by atoms with Crippen LogP contribution in [0.2, 0.25) is 0 Å². The molecule has 2 aromatic carbocycles. The molecule has 0 spiro atoms. The highest BCUT2D eigenvalue weighted by Gasteiger charge is 2.18. The highest BCUT2D eigenvalue weighted by molar-refractivity contribution is 9.10. The van der Waals surface area contributed by atoms with Crippen LogP contribution in [-0.2, 0) is 27.8 Å². The zero-order valence-corrected chi connectivity index (χ0v) is 17.6. The average Bonchev–Trinajstić information content (AvgIpc) is 3.15. The first-order chi connectivity index (χ1) is 13.8. The summed E-state index contributed by atoms with van der Waals surface area (Å²) in [5.41, 5.74) is 0.872. The van der Waals surface area contributed by atoms with Gasteiger partial charge in [-0.2, -0.15) is 0 Å². The molecule has 0 unspecified atom stereocenters. The predicted molar refractivity (Wildman–Crippen MR) is 112 cm³/mol. The maximum Gasteiger partial charge on any atom is 0.261 e. The van der Waals surface area contributed by atoms with E-state index in [1.807, 2.05) is 0 Å². The minimum absolute atomic E-state index is 0.0592. The first-order valence-corrected chi connectivity index (χ1v) is 11.2. The predicted octanol–water partition coefficient (Wildman–Crippen LogP) is 2.02. The zero-order valence-electron chi connectivity index (χ0n) is 15.2. The van der Waals surface area contributed by atoms with Crippen LogP contribution in [0, 0.1) is 0 Å². The van der Waals surface area contributed by atoms with Crippen molar-refractivity contribution in [3.05, 3.63) is 63.1 Å². The van der Waals surface area contributed by atoms with Crippen molar-refractivity contribution in [2.45, 2.75) is 24.3 Å². The third kappa shape index (κ3) is 4.09. The third-order valence-corrected chi connectivity index (χ3v) is 6.52. The van der Waals surface area contributed by atoms with Crippen LogP contribution in [0.1, 0.15) is 12.2 Å². The number of hydrogen-bond acceptors (Lipinski definition) is 5. The van der Waals surface area contributed by atoms with E-state index in [9.17, 15) is 18.0 Å². The van der Waals surface area contributed by atoms with Gasteiger partial charge in [-0.05, 0) is 42.8 Å². The molecule has 150 valence electrons. The molecule has 1 aliphatic heterocycles. The number of hydrogen-bond donors (Lipinski definition) is 2. The molecule has 0 fully saturated rings. The van der Waals surface area contributed by atoms with E-state index in [0.29, 0.717) is 27.6 Å². The molecule has 8 nitrogen and oxygen atoms in total. The maximum atomic E-state index is 12.5. The molecule has 10 heteroatoms. The minimum Gasteiger partial charge on any atom is -0.325 e. The van der Waals surface area contributed by atoms with Gasteiger partial charge in [0.15, 0.2) is 0 Å². The van der Waals surface area contributed by atoms with Crippen LogP contribution >= 0.6 is 15.9 Å². The van der Waals surface area contributed by atoms with E-state index in [4.69, 9.17) is 0 Å². The van der Waals surface area contributed by atoms with E-state index in [1.165, 1.54) is 12.1 Å². The Morgan fingerprint density at radius 1 is 1.21 bits per heavy atom. The van der Waals surface area contributed by atoms with Gasteiger partial charge >= 0.3 is 0 Å². The first-order valence-electron chi connectivity index (χ1n) is 8.92. The molecule has 0 atom stereocenters. The summed E-state index contributed by atoms with van der Waals surface area (Å²) < 4.78 is 29.2. The standard InChI is InChI=1S/C19H17BrN4O4S/c20-12-3-1-4-14(9-12)29(27,28)21-11-18(25)22-13-6-7-15-16(10-13)23-17-5-2-8-24(17)19(15)26/h1,3-4,6-7,9-10,21H,2,5,8,11H2,(H,22,25). The summed E-state index contributed by atoms with van der Waals surface area (Å²) in [5, 5.41) is 3.12. The molecule has 0 aliphatic carbocycles. The normalized spacial score (nSPS) is 13.4. The summed E-state index contributed by atoms with van der Waals surface area (Å²) in [6.07, 6.45) is 1.64. The molecule has 0 bridgehead atoms. The molecule has 4 rings (SSSR count). The van der Waals surface area contributed by atoms with Crippen LogP contribution in [0.4, 0.5) is 5.69 Å². The van der Waals surface area contributed by atoms with Gasteiger partial charge in [0, 0.05) is 23.1 Å². The van der Waals surface area contributed by atoms with E-state index in [0.717, 1.165) is 18.7 Å². The number of sulfonamides is 1. The van der Waals surface area contributed by atoms with Gasteiger partial charge in [0.2, 0.25) is 15.9 Å². The Kier molecular flexibility index (Phi) is 5.24. The summed E-state index contributed by atoms with van der Waals surface area (Å²) in [7, 11) is -3.81. The molecule has 0 radical (unpaired) electrons. The van der Waals surface area contributed by atoms with Gasteiger partial charge in [0.1, 0.15) is 5.82 Å². The Balaban J connectivity index is 1.48. The summed E-state index contributed by atoms with van der Waals surface area (Å²) in [5.74, 6) is 0.216. The van der Waals surface area contributed by atoms with Crippen molar-refractivity contribution in [1.82, 2.24) is 14.3 Å². The fourth-order valence-corrected chi connectivity index (χ4v) is 4.82. The maximum absolute atomic E-state index is 12.5. The van der Waals surface area contributed by atoms with E-state index in [1.54, 1.807) is 34.9 Å². The van der Waals surface area contributed by atoms with Gasteiger partial charge in [-0.25, -0.2) is 18.1 Å². The van der Waals surface area contributed by atoms with Crippen LogP contribution < -0.4 is 15.6 Å². The summed E-state index contributed by atoms with van der Waals surface area (Å²) in [6.45, 7) is 0.251. The van der Waals surface area contributed by atoms with E-state index in [2.05, 4.69) is 31.0 Å². The Morgan fingerprint density at radius 2 is 2.03 bits per heavy atom. The number of carbonyl (C=O) groups excluding carboxylic acids is 1. The lowest BCUT2D eigenvalue weighted by atomic mass is 10.2. The Labute approximate surface area is 175 Å². The van der Waals surface area contributed by atoms with Crippen molar-refractivity contribution in [3.63, 3.8) is 0 Å². The highest BCUT2D eigenvalue weighted by atomic mass is 79.9. The zero-order chi connectivity index (χ0) is 20.6. The number of amides is 1. The molecule has 1 aliphatic rings. The Bertz CT molecular complexity index is 1290. The molecule has 3 aromatic rings. The van der Waals surface area contributed by atoms with Gasteiger partial charge < -0.3 is 5.32 Å². The molecule has 0 saturated carbocycles. The van der Waals surface area contributed by atoms with Crippen molar-refractivity contribution < 1.29 is 13.2 Å².